The molecule has 57 heavy (non-hydrogen) atoms. The van der Waals surface area contributed by atoms with Gasteiger partial charge in [-0.25, -0.2) is 0 Å². The molecule has 4 saturated heterocycles. The van der Waals surface area contributed by atoms with Crippen molar-refractivity contribution in [3.63, 3.8) is 0 Å². The third kappa shape index (κ3) is 9.45. The summed E-state index contributed by atoms with van der Waals surface area (Å²) in [7, 11) is -2.47. The van der Waals surface area contributed by atoms with Crippen LogP contribution in [0.4, 0.5) is 0 Å². The van der Waals surface area contributed by atoms with Gasteiger partial charge in [0, 0.05) is 11.1 Å². The monoisotopic (exact) mass is 796 g/mol. The second-order valence-electron chi connectivity index (χ2n) is 16.8. The average Bonchev–Trinajstić information content (AvgIpc) is 3.23. The fourth-order valence-corrected chi connectivity index (χ4v) is 8.86. The van der Waals surface area contributed by atoms with Gasteiger partial charge >= 0.3 is 0 Å². The SMILES string of the molecule is CC(C)(C)[Si](C)(C)O[C@@H]1[C@H](O[C@@H]2CO[C@@H]3COC(c4ccccc4)O[C@H]3[C@@H]2OCc2ccccc2)O[C@@H]2COC(c3ccccc3)O[C@H]2[C@@H]1OCc1ccccc1. The first-order valence-electron chi connectivity index (χ1n) is 20.2. The number of hydrogen-bond donors (Lipinski definition) is 0. The highest BCUT2D eigenvalue weighted by Crippen LogP contribution is 2.44. The van der Waals surface area contributed by atoms with E-state index in [9.17, 15) is 0 Å². The van der Waals surface area contributed by atoms with E-state index in [1.165, 1.54) is 0 Å². The van der Waals surface area contributed by atoms with Crippen LogP contribution in [0.15, 0.2) is 121 Å². The van der Waals surface area contributed by atoms with E-state index in [-0.39, 0.29) is 24.4 Å². The van der Waals surface area contributed by atoms with Gasteiger partial charge in [0.1, 0.15) is 48.8 Å². The van der Waals surface area contributed by atoms with Crippen LogP contribution < -0.4 is 0 Å². The molecule has 8 rings (SSSR count). The summed E-state index contributed by atoms with van der Waals surface area (Å²) < 4.78 is 67.7. The topological polar surface area (TPSA) is 92.3 Å². The van der Waals surface area contributed by atoms with Crippen LogP contribution in [0.25, 0.3) is 0 Å². The Bertz CT molecular complexity index is 1830. The summed E-state index contributed by atoms with van der Waals surface area (Å²) in [4.78, 5) is 0. The molecule has 0 aliphatic carbocycles. The van der Waals surface area contributed by atoms with Crippen LogP contribution in [0.2, 0.25) is 18.1 Å². The molecule has 2 unspecified atom stereocenters. The minimum atomic E-state index is -2.47. The Balaban J connectivity index is 1.12. The van der Waals surface area contributed by atoms with E-state index in [1.807, 2.05) is 97.1 Å². The predicted octanol–water partition coefficient (Wildman–Crippen LogP) is 8.28. The highest BCUT2D eigenvalue weighted by molar-refractivity contribution is 6.74. The van der Waals surface area contributed by atoms with Crippen molar-refractivity contribution in [2.24, 2.45) is 0 Å². The molecule has 0 amide bonds. The summed E-state index contributed by atoms with van der Waals surface area (Å²) in [6.07, 6.45) is -6.24. The van der Waals surface area contributed by atoms with Crippen molar-refractivity contribution < 1.29 is 47.1 Å². The Morgan fingerprint density at radius 1 is 0.544 bits per heavy atom. The zero-order valence-electron chi connectivity index (χ0n) is 33.5. The summed E-state index contributed by atoms with van der Waals surface area (Å²) >= 11 is 0. The van der Waals surface area contributed by atoms with Crippen LogP contribution in [0.5, 0.6) is 0 Å². The van der Waals surface area contributed by atoms with E-state index in [2.05, 4.69) is 58.1 Å². The number of benzene rings is 4. The lowest BCUT2D eigenvalue weighted by atomic mass is 9.96. The van der Waals surface area contributed by atoms with E-state index in [0.29, 0.717) is 19.8 Å². The molecular formula is C46H56O10Si. The fraction of sp³-hybridized carbons (Fsp3) is 0.478. The number of hydrogen-bond acceptors (Lipinski definition) is 10. The summed E-state index contributed by atoms with van der Waals surface area (Å²) in [6, 6.07) is 40.2. The Labute approximate surface area is 337 Å². The average molecular weight is 797 g/mol. The molecule has 4 heterocycles. The molecule has 0 N–H and O–H groups in total. The molecule has 0 spiro atoms. The number of fused-ring (bicyclic) bond motifs is 2. The lowest BCUT2D eigenvalue weighted by molar-refractivity contribution is -0.385. The molecule has 11 atom stereocenters. The van der Waals surface area contributed by atoms with Gasteiger partial charge in [-0.3, -0.25) is 0 Å². The first-order chi connectivity index (χ1) is 27.6. The Hall–Kier alpha value is -3.30. The Morgan fingerprint density at radius 2 is 1.02 bits per heavy atom. The molecule has 4 aliphatic heterocycles. The van der Waals surface area contributed by atoms with E-state index in [4.69, 9.17) is 47.1 Å². The normalized spacial score (nSPS) is 31.9. The molecule has 0 bridgehead atoms. The van der Waals surface area contributed by atoms with E-state index in [0.717, 1.165) is 22.3 Å². The molecule has 4 aromatic carbocycles. The molecular weight excluding hydrogens is 741 g/mol. The number of rotatable bonds is 12. The highest BCUT2D eigenvalue weighted by atomic mass is 28.4. The largest absolute Gasteiger partial charge is 0.406 e. The predicted molar refractivity (Wildman–Crippen MR) is 215 cm³/mol. The lowest BCUT2D eigenvalue weighted by Crippen LogP contribution is -2.67. The van der Waals surface area contributed by atoms with Gasteiger partial charge in [-0.05, 0) is 29.3 Å². The van der Waals surface area contributed by atoms with Crippen molar-refractivity contribution >= 4 is 8.32 Å². The minimum Gasteiger partial charge on any atom is -0.406 e. The van der Waals surface area contributed by atoms with Gasteiger partial charge in [0.15, 0.2) is 27.2 Å². The zero-order chi connectivity index (χ0) is 39.4. The van der Waals surface area contributed by atoms with Crippen molar-refractivity contribution in [2.75, 3.05) is 19.8 Å². The van der Waals surface area contributed by atoms with Crippen LogP contribution in [0.1, 0.15) is 55.6 Å². The van der Waals surface area contributed by atoms with Gasteiger partial charge < -0.3 is 47.1 Å². The van der Waals surface area contributed by atoms with Crippen molar-refractivity contribution in [2.45, 2.75) is 120 Å². The second kappa shape index (κ2) is 17.9. The highest BCUT2D eigenvalue weighted by Gasteiger charge is 2.56. The molecule has 4 fully saturated rings. The van der Waals surface area contributed by atoms with Crippen LogP contribution in [-0.4, -0.2) is 83.3 Å². The molecule has 0 radical (unpaired) electrons. The van der Waals surface area contributed by atoms with Crippen LogP contribution in [0, 0.1) is 0 Å². The van der Waals surface area contributed by atoms with Crippen LogP contribution in [-0.2, 0) is 60.3 Å². The van der Waals surface area contributed by atoms with Gasteiger partial charge in [0.25, 0.3) is 0 Å². The Kier molecular flexibility index (Phi) is 12.7. The van der Waals surface area contributed by atoms with Gasteiger partial charge in [-0.15, -0.1) is 0 Å². The maximum Gasteiger partial charge on any atom is 0.192 e. The van der Waals surface area contributed by atoms with Crippen molar-refractivity contribution in [1.29, 1.82) is 0 Å². The lowest BCUT2D eigenvalue weighted by Gasteiger charge is -2.53. The molecule has 304 valence electrons. The molecule has 4 aromatic rings. The molecule has 10 nitrogen and oxygen atoms in total. The molecule has 0 aromatic heterocycles. The van der Waals surface area contributed by atoms with Gasteiger partial charge in [0.05, 0.1) is 33.0 Å². The standard InChI is InChI=1S/C46H56O10Si/c1-46(2,3)57(4,5)56-42-41(49-27-32-20-12-7-13-21-32)40-37(30-51-44(55-40)34-24-16-9-17-25-34)53-45(42)52-36-29-47-35-28-50-43(33-22-14-8-15-23-33)54-39(35)38(36)48-26-31-18-10-6-11-19-31/h6-25,35-45H,26-30H2,1-5H3/t35-,36-,37-,38-,39-,40-,41+,42+,43?,44?,45-/m1/s1. The van der Waals surface area contributed by atoms with E-state index in [1.54, 1.807) is 0 Å². The van der Waals surface area contributed by atoms with Crippen molar-refractivity contribution in [1.82, 2.24) is 0 Å². The molecule has 4 aliphatic rings. The summed E-state index contributed by atoms with van der Waals surface area (Å²) in [5, 5.41) is -0.119. The van der Waals surface area contributed by atoms with Crippen LogP contribution in [0.3, 0.4) is 0 Å². The summed E-state index contributed by atoms with van der Waals surface area (Å²) in [5.41, 5.74) is 3.94. The zero-order valence-corrected chi connectivity index (χ0v) is 34.5. The Morgan fingerprint density at radius 3 is 1.54 bits per heavy atom. The van der Waals surface area contributed by atoms with Gasteiger partial charge in [0.2, 0.25) is 0 Å². The quantitative estimate of drug-likeness (QED) is 0.131. The maximum absolute atomic E-state index is 7.34. The van der Waals surface area contributed by atoms with E-state index >= 15 is 0 Å². The first-order valence-corrected chi connectivity index (χ1v) is 23.1. The maximum atomic E-state index is 7.34. The third-order valence-corrected chi connectivity index (χ3v) is 16.2. The first kappa shape index (κ1) is 40.5. The molecule has 0 saturated carbocycles. The van der Waals surface area contributed by atoms with E-state index < -0.39 is 69.9 Å². The summed E-state index contributed by atoms with van der Waals surface area (Å²) in [5.74, 6) is 0. The van der Waals surface area contributed by atoms with Crippen LogP contribution >= 0.6 is 0 Å². The van der Waals surface area contributed by atoms with Gasteiger partial charge in [-0.1, -0.05) is 142 Å². The smallest absolute Gasteiger partial charge is 0.192 e. The minimum absolute atomic E-state index is 0.119. The number of ether oxygens (including phenoxy) is 9. The van der Waals surface area contributed by atoms with Gasteiger partial charge in [-0.2, -0.15) is 0 Å². The van der Waals surface area contributed by atoms with Crippen molar-refractivity contribution in [3.8, 4) is 0 Å². The van der Waals surface area contributed by atoms with Crippen molar-refractivity contribution in [3.05, 3.63) is 144 Å². The third-order valence-electron chi connectivity index (χ3n) is 11.8. The fourth-order valence-electron chi connectivity index (χ4n) is 7.58. The summed E-state index contributed by atoms with van der Waals surface area (Å²) in [6.45, 7) is 12.7. The molecule has 11 heteroatoms. The second-order valence-corrected chi connectivity index (χ2v) is 21.6.